The summed E-state index contributed by atoms with van der Waals surface area (Å²) in [4.78, 5) is 2.62. The minimum Gasteiger partial charge on any atom is -0.328 e. The minimum absolute atomic E-state index is 0. The molecule has 0 aromatic heterocycles. The summed E-state index contributed by atoms with van der Waals surface area (Å²) in [7, 11) is 0. The van der Waals surface area contributed by atoms with Gasteiger partial charge < -0.3 is 11.1 Å². The lowest BCUT2D eigenvalue weighted by Gasteiger charge is -2.38. The van der Waals surface area contributed by atoms with E-state index in [0.717, 1.165) is 19.1 Å². The highest BCUT2D eigenvalue weighted by Gasteiger charge is 2.25. The van der Waals surface area contributed by atoms with Crippen LogP contribution in [0, 0.1) is 0 Å². The van der Waals surface area contributed by atoms with E-state index in [0.29, 0.717) is 6.04 Å². The molecule has 0 aromatic rings. The monoisotopic (exact) mass is 219 g/mol. The van der Waals surface area contributed by atoms with Crippen molar-refractivity contribution < 1.29 is 0 Å². The molecule has 84 valence electrons. The van der Waals surface area contributed by atoms with E-state index < -0.39 is 0 Å². The van der Waals surface area contributed by atoms with Crippen LogP contribution >= 0.6 is 12.4 Å². The molecule has 1 saturated carbocycles. The fourth-order valence-electron chi connectivity index (χ4n) is 2.58. The van der Waals surface area contributed by atoms with Gasteiger partial charge in [0.05, 0.1) is 0 Å². The number of piperazine rings is 1. The zero-order chi connectivity index (χ0) is 9.10. The third-order valence-electron chi connectivity index (χ3n) is 3.36. The number of rotatable bonds is 1. The molecule has 1 heterocycles. The van der Waals surface area contributed by atoms with Crippen LogP contribution in [0.15, 0.2) is 0 Å². The number of hydrogen-bond acceptors (Lipinski definition) is 3. The van der Waals surface area contributed by atoms with Gasteiger partial charge in [0, 0.05) is 38.3 Å². The Balaban J connectivity index is 0.000000980. The van der Waals surface area contributed by atoms with Gasteiger partial charge in [0.15, 0.2) is 0 Å². The number of halogens is 1. The first kappa shape index (κ1) is 12.2. The average Bonchev–Trinajstić information content (AvgIpc) is 2.19. The van der Waals surface area contributed by atoms with Crippen LogP contribution in [0.1, 0.15) is 25.7 Å². The second-order valence-electron chi connectivity index (χ2n) is 4.37. The molecule has 3 nitrogen and oxygen atoms in total. The van der Waals surface area contributed by atoms with E-state index in [1.807, 2.05) is 0 Å². The van der Waals surface area contributed by atoms with Crippen molar-refractivity contribution in [3.05, 3.63) is 0 Å². The average molecular weight is 220 g/mol. The second-order valence-corrected chi connectivity index (χ2v) is 4.37. The standard InChI is InChI=1S/C10H21N3.ClH/c11-9-2-1-3-10(8-9)13-6-4-12-5-7-13;/h9-10,12H,1-8,11H2;1H/t9-,10-;/m0./s1. The van der Waals surface area contributed by atoms with E-state index in [1.54, 1.807) is 0 Å². The van der Waals surface area contributed by atoms with Crippen molar-refractivity contribution in [1.82, 2.24) is 10.2 Å². The first-order chi connectivity index (χ1) is 6.36. The summed E-state index contributed by atoms with van der Waals surface area (Å²) in [6, 6.07) is 1.25. The molecule has 14 heavy (non-hydrogen) atoms. The maximum atomic E-state index is 5.99. The second kappa shape index (κ2) is 5.91. The maximum absolute atomic E-state index is 5.99. The fraction of sp³-hybridized carbons (Fsp3) is 1.00. The molecular weight excluding hydrogens is 198 g/mol. The molecule has 3 N–H and O–H groups in total. The van der Waals surface area contributed by atoms with Crippen LogP contribution < -0.4 is 11.1 Å². The van der Waals surface area contributed by atoms with Gasteiger partial charge in [-0.15, -0.1) is 12.4 Å². The summed E-state index contributed by atoms with van der Waals surface area (Å²) in [5, 5.41) is 3.39. The predicted molar refractivity (Wildman–Crippen MR) is 61.9 cm³/mol. The van der Waals surface area contributed by atoms with Gasteiger partial charge in [-0.05, 0) is 19.3 Å². The summed E-state index contributed by atoms with van der Waals surface area (Å²) in [6.45, 7) is 4.76. The SMILES string of the molecule is Cl.N[C@H]1CCC[C@H](N2CCNCC2)C1. The maximum Gasteiger partial charge on any atom is 0.0111 e. The molecule has 0 radical (unpaired) electrons. The smallest absolute Gasteiger partial charge is 0.0111 e. The Bertz CT molecular complexity index is 159. The predicted octanol–water partition coefficient (Wildman–Crippen LogP) is 0.583. The Kier molecular flexibility index (Phi) is 5.17. The molecule has 0 bridgehead atoms. The molecule has 4 heteroatoms. The van der Waals surface area contributed by atoms with Gasteiger partial charge in [-0.2, -0.15) is 0 Å². The van der Waals surface area contributed by atoms with E-state index in [9.17, 15) is 0 Å². The molecule has 0 unspecified atom stereocenters. The van der Waals surface area contributed by atoms with Gasteiger partial charge in [-0.1, -0.05) is 6.42 Å². The van der Waals surface area contributed by atoms with Crippen molar-refractivity contribution in [3.8, 4) is 0 Å². The minimum atomic E-state index is 0. The lowest BCUT2D eigenvalue weighted by Crippen LogP contribution is -2.51. The van der Waals surface area contributed by atoms with Crippen molar-refractivity contribution in [2.45, 2.75) is 37.8 Å². The zero-order valence-corrected chi connectivity index (χ0v) is 9.56. The van der Waals surface area contributed by atoms with Crippen LogP contribution in [0.2, 0.25) is 0 Å². The highest BCUT2D eigenvalue weighted by atomic mass is 35.5. The van der Waals surface area contributed by atoms with Crippen molar-refractivity contribution >= 4 is 12.4 Å². The molecule has 1 saturated heterocycles. The largest absolute Gasteiger partial charge is 0.328 e. The highest BCUT2D eigenvalue weighted by Crippen LogP contribution is 2.21. The van der Waals surface area contributed by atoms with Crippen molar-refractivity contribution in [1.29, 1.82) is 0 Å². The van der Waals surface area contributed by atoms with Gasteiger partial charge in [-0.3, -0.25) is 4.90 Å². The molecule has 2 atom stereocenters. The Morgan fingerprint density at radius 2 is 1.86 bits per heavy atom. The topological polar surface area (TPSA) is 41.3 Å². The summed E-state index contributed by atoms with van der Waals surface area (Å²) < 4.78 is 0. The van der Waals surface area contributed by atoms with Gasteiger partial charge in [-0.25, -0.2) is 0 Å². The number of nitrogens with two attached hydrogens (primary N) is 1. The van der Waals surface area contributed by atoms with Gasteiger partial charge in [0.2, 0.25) is 0 Å². The molecule has 2 aliphatic rings. The van der Waals surface area contributed by atoms with E-state index >= 15 is 0 Å². The molecule has 1 aliphatic heterocycles. The Hall–Kier alpha value is 0.170. The van der Waals surface area contributed by atoms with Crippen LogP contribution in [-0.4, -0.2) is 43.2 Å². The van der Waals surface area contributed by atoms with Gasteiger partial charge in [0.25, 0.3) is 0 Å². The van der Waals surface area contributed by atoms with Crippen LogP contribution in [0.4, 0.5) is 0 Å². The molecule has 0 spiro atoms. The molecule has 1 aliphatic carbocycles. The van der Waals surface area contributed by atoms with Crippen LogP contribution in [0.25, 0.3) is 0 Å². The zero-order valence-electron chi connectivity index (χ0n) is 8.74. The van der Waals surface area contributed by atoms with Gasteiger partial charge >= 0.3 is 0 Å². The van der Waals surface area contributed by atoms with Crippen molar-refractivity contribution in [3.63, 3.8) is 0 Å². The van der Waals surface area contributed by atoms with E-state index in [1.165, 1.54) is 38.8 Å². The first-order valence-corrected chi connectivity index (χ1v) is 5.56. The molecule has 0 aromatic carbocycles. The molecular formula is C10H22ClN3. The Morgan fingerprint density at radius 3 is 2.50 bits per heavy atom. The summed E-state index contributed by atoms with van der Waals surface area (Å²) >= 11 is 0. The molecule has 2 rings (SSSR count). The lowest BCUT2D eigenvalue weighted by molar-refractivity contribution is 0.131. The van der Waals surface area contributed by atoms with Crippen LogP contribution in [-0.2, 0) is 0 Å². The molecule has 0 amide bonds. The summed E-state index contributed by atoms with van der Waals surface area (Å²) in [5.74, 6) is 0. The molecule has 2 fully saturated rings. The van der Waals surface area contributed by atoms with E-state index in [-0.39, 0.29) is 12.4 Å². The Labute approximate surface area is 92.8 Å². The van der Waals surface area contributed by atoms with Gasteiger partial charge in [0.1, 0.15) is 0 Å². The highest BCUT2D eigenvalue weighted by molar-refractivity contribution is 5.85. The van der Waals surface area contributed by atoms with E-state index in [4.69, 9.17) is 5.73 Å². The Morgan fingerprint density at radius 1 is 1.14 bits per heavy atom. The number of hydrogen-bond donors (Lipinski definition) is 2. The first-order valence-electron chi connectivity index (χ1n) is 5.56. The van der Waals surface area contributed by atoms with Crippen molar-refractivity contribution in [2.24, 2.45) is 5.73 Å². The van der Waals surface area contributed by atoms with E-state index in [2.05, 4.69) is 10.2 Å². The van der Waals surface area contributed by atoms with Crippen LogP contribution in [0.3, 0.4) is 0 Å². The van der Waals surface area contributed by atoms with Crippen LogP contribution in [0.5, 0.6) is 0 Å². The van der Waals surface area contributed by atoms with Crippen molar-refractivity contribution in [2.75, 3.05) is 26.2 Å². The third-order valence-corrected chi connectivity index (χ3v) is 3.36. The third kappa shape index (κ3) is 3.09. The normalized spacial score (nSPS) is 34.9. The quantitative estimate of drug-likeness (QED) is 0.678. The number of nitrogens with zero attached hydrogens (tertiary/aromatic N) is 1. The lowest BCUT2D eigenvalue weighted by atomic mass is 9.90. The fourth-order valence-corrected chi connectivity index (χ4v) is 2.58. The summed E-state index contributed by atoms with van der Waals surface area (Å²) in [6.07, 6.45) is 5.16. The summed E-state index contributed by atoms with van der Waals surface area (Å²) in [5.41, 5.74) is 5.99. The number of nitrogens with one attached hydrogen (secondary N) is 1.